The highest BCUT2D eigenvalue weighted by Crippen LogP contribution is 2.48. The van der Waals surface area contributed by atoms with Gasteiger partial charge < -0.3 is 14.6 Å². The fraction of sp³-hybridized carbons (Fsp3) is 0.333. The van der Waals surface area contributed by atoms with Gasteiger partial charge in [0.15, 0.2) is 5.76 Å². The summed E-state index contributed by atoms with van der Waals surface area (Å²) in [5.41, 5.74) is 1.14. The number of carbonyl (C=O) groups is 2. The van der Waals surface area contributed by atoms with E-state index in [2.05, 4.69) is 5.32 Å². The average molecular weight is 347 g/mol. The molecule has 1 saturated carbocycles. The van der Waals surface area contributed by atoms with Gasteiger partial charge in [-0.3, -0.25) is 9.59 Å². The molecule has 0 unspecified atom stereocenters. The second-order valence-electron chi connectivity index (χ2n) is 6.04. The zero-order chi connectivity index (χ0) is 17.3. The van der Waals surface area contributed by atoms with Gasteiger partial charge >= 0.3 is 0 Å². The third-order valence-electron chi connectivity index (χ3n) is 4.29. The van der Waals surface area contributed by atoms with Gasteiger partial charge in [0.1, 0.15) is 5.76 Å². The maximum atomic E-state index is 12.5. The Hall–Kier alpha value is -2.27. The van der Waals surface area contributed by atoms with E-state index in [1.54, 1.807) is 31.1 Å². The minimum absolute atomic E-state index is 0.00421. The topological polar surface area (TPSA) is 62.6 Å². The molecule has 3 rings (SSSR count). The zero-order valence-electron chi connectivity index (χ0n) is 13.6. The average Bonchev–Trinajstić information content (AvgIpc) is 3.25. The van der Waals surface area contributed by atoms with Crippen molar-refractivity contribution in [2.45, 2.75) is 18.9 Å². The van der Waals surface area contributed by atoms with E-state index in [-0.39, 0.29) is 29.4 Å². The SMILES string of the molecule is CNC(=O)c1ccc(CN(C)C(=O)[C@H]2C[C@H]2c2ccc(Cl)cc2)o1. The van der Waals surface area contributed by atoms with Crippen LogP contribution in [-0.4, -0.2) is 30.8 Å². The molecule has 1 fully saturated rings. The Morgan fingerprint density at radius 2 is 1.96 bits per heavy atom. The standard InChI is InChI=1S/C18H19ClN2O3/c1-20-17(22)16-8-7-13(24-16)10-21(2)18(23)15-9-14(15)11-3-5-12(19)6-4-11/h3-8,14-15H,9-10H2,1-2H3,(H,20,22)/t14-,15-/m0/s1. The second-order valence-corrected chi connectivity index (χ2v) is 6.48. The lowest BCUT2D eigenvalue weighted by Crippen LogP contribution is -2.27. The van der Waals surface area contributed by atoms with Crippen LogP contribution in [-0.2, 0) is 11.3 Å². The van der Waals surface area contributed by atoms with Crippen molar-refractivity contribution < 1.29 is 14.0 Å². The van der Waals surface area contributed by atoms with Crippen molar-refractivity contribution in [1.29, 1.82) is 0 Å². The van der Waals surface area contributed by atoms with E-state index in [0.29, 0.717) is 17.3 Å². The lowest BCUT2D eigenvalue weighted by molar-refractivity contribution is -0.132. The van der Waals surface area contributed by atoms with Crippen LogP contribution in [0.5, 0.6) is 0 Å². The van der Waals surface area contributed by atoms with Crippen LogP contribution in [0.3, 0.4) is 0 Å². The molecule has 24 heavy (non-hydrogen) atoms. The van der Waals surface area contributed by atoms with E-state index in [9.17, 15) is 9.59 Å². The number of hydrogen-bond acceptors (Lipinski definition) is 3. The number of nitrogens with one attached hydrogen (secondary N) is 1. The molecule has 1 heterocycles. The molecule has 2 amide bonds. The molecule has 6 heteroatoms. The van der Waals surface area contributed by atoms with Crippen LogP contribution in [0.4, 0.5) is 0 Å². The molecule has 0 aliphatic heterocycles. The van der Waals surface area contributed by atoms with Gasteiger partial charge in [-0.25, -0.2) is 0 Å². The minimum atomic E-state index is -0.278. The van der Waals surface area contributed by atoms with E-state index < -0.39 is 0 Å². The van der Waals surface area contributed by atoms with Crippen LogP contribution in [0.15, 0.2) is 40.8 Å². The van der Waals surface area contributed by atoms with E-state index in [1.165, 1.54) is 0 Å². The smallest absolute Gasteiger partial charge is 0.286 e. The predicted octanol–water partition coefficient (Wildman–Crippen LogP) is 3.05. The highest BCUT2D eigenvalue weighted by molar-refractivity contribution is 6.30. The Morgan fingerprint density at radius 1 is 1.25 bits per heavy atom. The van der Waals surface area contributed by atoms with Crippen molar-refractivity contribution >= 4 is 23.4 Å². The summed E-state index contributed by atoms with van der Waals surface area (Å²) in [5.74, 6) is 0.916. The Kier molecular flexibility index (Phi) is 4.62. The molecule has 0 spiro atoms. The summed E-state index contributed by atoms with van der Waals surface area (Å²) in [6, 6.07) is 11.0. The van der Waals surface area contributed by atoms with E-state index in [1.807, 2.05) is 24.3 Å². The first kappa shape index (κ1) is 16.6. The number of hydrogen-bond donors (Lipinski definition) is 1. The third kappa shape index (κ3) is 3.46. The van der Waals surface area contributed by atoms with Gasteiger partial charge in [0.2, 0.25) is 5.91 Å². The fourth-order valence-corrected chi connectivity index (χ4v) is 2.98. The number of nitrogens with zero attached hydrogens (tertiary/aromatic N) is 1. The lowest BCUT2D eigenvalue weighted by atomic mass is 10.1. The molecule has 5 nitrogen and oxygen atoms in total. The summed E-state index contributed by atoms with van der Waals surface area (Å²) in [4.78, 5) is 25.7. The molecule has 1 N–H and O–H groups in total. The second kappa shape index (κ2) is 6.69. The summed E-state index contributed by atoms with van der Waals surface area (Å²) in [5, 5.41) is 3.20. The molecule has 1 aliphatic rings. The van der Waals surface area contributed by atoms with Crippen molar-refractivity contribution in [1.82, 2.24) is 10.2 Å². The van der Waals surface area contributed by atoms with E-state index >= 15 is 0 Å². The normalized spacial score (nSPS) is 19.0. The Labute approximate surface area is 145 Å². The Balaban J connectivity index is 1.59. The first-order valence-corrected chi connectivity index (χ1v) is 8.18. The van der Waals surface area contributed by atoms with Gasteiger partial charge in [0.25, 0.3) is 5.91 Å². The van der Waals surface area contributed by atoms with Crippen molar-refractivity contribution in [2.75, 3.05) is 14.1 Å². The lowest BCUT2D eigenvalue weighted by Gasteiger charge is -2.15. The summed E-state index contributed by atoms with van der Waals surface area (Å²) in [6.45, 7) is 0.347. The monoisotopic (exact) mass is 346 g/mol. The molecule has 126 valence electrons. The highest BCUT2D eigenvalue weighted by atomic mass is 35.5. The summed E-state index contributed by atoms with van der Waals surface area (Å²) in [7, 11) is 3.30. The first-order valence-electron chi connectivity index (χ1n) is 7.81. The fourth-order valence-electron chi connectivity index (χ4n) is 2.85. The van der Waals surface area contributed by atoms with Gasteiger partial charge in [0, 0.05) is 25.0 Å². The Bertz CT molecular complexity index is 754. The van der Waals surface area contributed by atoms with Gasteiger partial charge in [-0.15, -0.1) is 0 Å². The third-order valence-corrected chi connectivity index (χ3v) is 4.54. The minimum Gasteiger partial charge on any atom is -0.454 e. The van der Waals surface area contributed by atoms with Gasteiger partial charge in [0.05, 0.1) is 6.54 Å². The molecular formula is C18H19ClN2O3. The van der Waals surface area contributed by atoms with Crippen molar-refractivity contribution in [3.63, 3.8) is 0 Å². The zero-order valence-corrected chi connectivity index (χ0v) is 14.3. The van der Waals surface area contributed by atoms with E-state index in [0.717, 1.165) is 12.0 Å². The highest BCUT2D eigenvalue weighted by Gasteiger charge is 2.45. The molecule has 1 aromatic carbocycles. The molecule has 1 aromatic heterocycles. The predicted molar refractivity (Wildman–Crippen MR) is 90.9 cm³/mol. The largest absolute Gasteiger partial charge is 0.454 e. The Morgan fingerprint density at radius 3 is 2.62 bits per heavy atom. The molecule has 0 radical (unpaired) electrons. The number of benzene rings is 1. The number of carbonyl (C=O) groups excluding carboxylic acids is 2. The molecule has 1 aliphatic carbocycles. The van der Waals surface area contributed by atoms with Crippen LogP contribution in [0, 0.1) is 5.92 Å². The van der Waals surface area contributed by atoms with Crippen molar-refractivity contribution in [3.05, 3.63) is 58.5 Å². The molecule has 2 aromatic rings. The molecule has 2 atom stereocenters. The number of rotatable bonds is 5. The van der Waals surface area contributed by atoms with E-state index in [4.69, 9.17) is 16.0 Å². The van der Waals surface area contributed by atoms with Gasteiger partial charge in [-0.2, -0.15) is 0 Å². The van der Waals surface area contributed by atoms with Gasteiger partial charge in [-0.05, 0) is 42.2 Å². The summed E-state index contributed by atoms with van der Waals surface area (Å²) >= 11 is 5.90. The molecule has 0 bridgehead atoms. The first-order chi connectivity index (χ1) is 11.5. The summed E-state index contributed by atoms with van der Waals surface area (Å²) < 4.78 is 5.46. The van der Waals surface area contributed by atoms with Crippen LogP contribution in [0.2, 0.25) is 5.02 Å². The van der Waals surface area contributed by atoms with Crippen LogP contribution in [0.25, 0.3) is 0 Å². The molecule has 0 saturated heterocycles. The maximum absolute atomic E-state index is 12.5. The van der Waals surface area contributed by atoms with Crippen molar-refractivity contribution in [2.24, 2.45) is 5.92 Å². The van der Waals surface area contributed by atoms with Crippen LogP contribution < -0.4 is 5.32 Å². The number of furan rings is 1. The maximum Gasteiger partial charge on any atom is 0.286 e. The van der Waals surface area contributed by atoms with Gasteiger partial charge in [-0.1, -0.05) is 23.7 Å². The number of amides is 2. The summed E-state index contributed by atoms with van der Waals surface area (Å²) in [6.07, 6.45) is 0.854. The van der Waals surface area contributed by atoms with Crippen LogP contribution in [0.1, 0.15) is 34.2 Å². The molecular weight excluding hydrogens is 328 g/mol. The van der Waals surface area contributed by atoms with Crippen molar-refractivity contribution in [3.8, 4) is 0 Å². The quantitative estimate of drug-likeness (QED) is 0.905. The van der Waals surface area contributed by atoms with Crippen LogP contribution >= 0.6 is 11.6 Å². The number of halogens is 1.